The van der Waals surface area contributed by atoms with Crippen LogP contribution in [0.4, 0.5) is 10.5 Å². The van der Waals surface area contributed by atoms with Crippen LogP contribution in [0.5, 0.6) is 0 Å². The molecule has 1 fully saturated rings. The number of aliphatic hydroxyl groups excluding tert-OH is 1. The summed E-state index contributed by atoms with van der Waals surface area (Å²) < 4.78 is 18.5. The molecule has 4 unspecified atom stereocenters. The Morgan fingerprint density at radius 3 is 2.60 bits per heavy atom. The molecule has 0 saturated carbocycles. The first-order chi connectivity index (χ1) is 19.4. The van der Waals surface area contributed by atoms with E-state index >= 15 is 0 Å². The Morgan fingerprint density at radius 2 is 1.88 bits per heavy atom. The van der Waals surface area contributed by atoms with E-state index in [0.717, 1.165) is 15.9 Å². The monoisotopic (exact) mass is 567 g/mol. The van der Waals surface area contributed by atoms with E-state index in [0.29, 0.717) is 22.0 Å². The highest BCUT2D eigenvalue weighted by atomic mass is 32.2. The molecule has 0 spiro atoms. The van der Waals surface area contributed by atoms with Crippen LogP contribution in [0.2, 0.25) is 0 Å². The first kappa shape index (κ1) is 29.3. The SMILES string of the molecule is CCOC(=O)CNC(=O)Nc1cccc(C2OC(CSc3cccc[n+]3[O-])C(C)C(c3ccc(CO)cc3)O2)c1. The molecular formula is C29H33N3O7S. The molecule has 4 rings (SSSR count). The molecular weight excluding hydrogens is 534 g/mol. The molecule has 1 aromatic heterocycles. The molecule has 0 radical (unpaired) electrons. The zero-order valence-electron chi connectivity index (χ0n) is 22.3. The van der Waals surface area contributed by atoms with E-state index in [2.05, 4.69) is 10.6 Å². The van der Waals surface area contributed by atoms with Crippen LogP contribution in [-0.2, 0) is 25.6 Å². The van der Waals surface area contributed by atoms with Gasteiger partial charge in [0.25, 0.3) is 5.03 Å². The van der Waals surface area contributed by atoms with Gasteiger partial charge in [0.2, 0.25) is 0 Å². The van der Waals surface area contributed by atoms with E-state index in [4.69, 9.17) is 14.2 Å². The van der Waals surface area contributed by atoms with Crippen LogP contribution in [0, 0.1) is 11.1 Å². The molecule has 3 aromatic rings. The topological polar surface area (TPSA) is 133 Å². The van der Waals surface area contributed by atoms with Gasteiger partial charge in [0.15, 0.2) is 12.5 Å². The third kappa shape index (κ3) is 7.72. The van der Waals surface area contributed by atoms with Crippen LogP contribution in [0.3, 0.4) is 0 Å². The molecule has 212 valence electrons. The number of hydrogen-bond acceptors (Lipinski definition) is 8. The van der Waals surface area contributed by atoms with Gasteiger partial charge in [0.05, 0.1) is 25.4 Å². The molecule has 0 aliphatic carbocycles. The molecule has 11 heteroatoms. The number of rotatable bonds is 10. The van der Waals surface area contributed by atoms with E-state index in [1.807, 2.05) is 43.3 Å². The summed E-state index contributed by atoms with van der Waals surface area (Å²) in [5.74, 6) is -0.0563. The maximum Gasteiger partial charge on any atom is 0.325 e. The van der Waals surface area contributed by atoms with E-state index in [1.54, 1.807) is 37.3 Å². The molecule has 2 amide bonds. The van der Waals surface area contributed by atoms with Crippen molar-refractivity contribution in [1.82, 2.24) is 5.32 Å². The van der Waals surface area contributed by atoms with Crippen molar-refractivity contribution in [1.29, 1.82) is 0 Å². The summed E-state index contributed by atoms with van der Waals surface area (Å²) in [6.45, 7) is 3.69. The first-order valence-electron chi connectivity index (χ1n) is 13.0. The van der Waals surface area contributed by atoms with E-state index in [9.17, 15) is 19.9 Å². The van der Waals surface area contributed by atoms with Gasteiger partial charge in [-0.2, -0.15) is 4.73 Å². The van der Waals surface area contributed by atoms with Crippen LogP contribution in [-0.4, -0.2) is 42.1 Å². The van der Waals surface area contributed by atoms with Gasteiger partial charge in [0, 0.05) is 35.1 Å². The van der Waals surface area contributed by atoms with Crippen molar-refractivity contribution >= 4 is 29.4 Å². The molecule has 4 atom stereocenters. The molecule has 10 nitrogen and oxygen atoms in total. The number of nitrogens with one attached hydrogen (secondary N) is 2. The lowest BCUT2D eigenvalue weighted by atomic mass is 9.91. The van der Waals surface area contributed by atoms with Gasteiger partial charge in [-0.05, 0) is 36.2 Å². The molecule has 1 aliphatic rings. The van der Waals surface area contributed by atoms with Gasteiger partial charge in [0.1, 0.15) is 6.54 Å². The second-order valence-electron chi connectivity index (χ2n) is 9.24. The fourth-order valence-electron chi connectivity index (χ4n) is 4.30. The third-order valence-corrected chi connectivity index (χ3v) is 7.53. The smallest absolute Gasteiger partial charge is 0.325 e. The standard InChI is InChI=1S/C29H33N3O7S/c1-3-37-26(34)16-30-29(35)31-23-8-6-7-22(15-23)28-38-24(18-40-25-9-4-5-14-32(25)36)19(2)27(39-28)21-12-10-20(17-33)11-13-21/h4-15,19,24,27-28,33H,3,16-18H2,1-2H3,(H2,30,31,35). The fourth-order valence-corrected chi connectivity index (χ4v) is 5.38. The van der Waals surface area contributed by atoms with Gasteiger partial charge < -0.3 is 35.2 Å². The van der Waals surface area contributed by atoms with Crippen molar-refractivity contribution in [3.8, 4) is 0 Å². The lowest BCUT2D eigenvalue weighted by Gasteiger charge is -2.41. The average Bonchev–Trinajstić information content (AvgIpc) is 2.97. The second-order valence-corrected chi connectivity index (χ2v) is 10.3. The molecule has 3 N–H and O–H groups in total. The first-order valence-corrected chi connectivity index (χ1v) is 14.0. The van der Waals surface area contributed by atoms with Gasteiger partial charge in [-0.1, -0.05) is 55.1 Å². The number of esters is 1. The number of aliphatic hydroxyl groups is 1. The Hall–Kier alpha value is -3.64. The number of aromatic nitrogens is 1. The molecule has 2 aromatic carbocycles. The lowest BCUT2D eigenvalue weighted by Crippen LogP contribution is -2.39. The zero-order chi connectivity index (χ0) is 28.5. The quantitative estimate of drug-likeness (QED) is 0.145. The predicted octanol–water partition coefficient (Wildman–Crippen LogP) is 4.08. The van der Waals surface area contributed by atoms with Crippen molar-refractivity contribution in [2.75, 3.05) is 24.2 Å². The molecule has 0 bridgehead atoms. The number of carbonyl (C=O) groups is 2. The number of amides is 2. The van der Waals surface area contributed by atoms with Crippen molar-refractivity contribution in [3.63, 3.8) is 0 Å². The summed E-state index contributed by atoms with van der Waals surface area (Å²) in [4.78, 5) is 23.8. The summed E-state index contributed by atoms with van der Waals surface area (Å²) in [7, 11) is 0. The minimum Gasteiger partial charge on any atom is -0.618 e. The lowest BCUT2D eigenvalue weighted by molar-refractivity contribution is -0.645. The van der Waals surface area contributed by atoms with Crippen molar-refractivity contribution in [2.45, 2.75) is 44.0 Å². The average molecular weight is 568 g/mol. The highest BCUT2D eigenvalue weighted by molar-refractivity contribution is 7.99. The maximum atomic E-state index is 12.3. The number of hydrogen-bond donors (Lipinski definition) is 3. The Bertz CT molecular complexity index is 1290. The number of urea groups is 1. The van der Waals surface area contributed by atoms with Gasteiger partial charge >= 0.3 is 12.0 Å². The number of anilines is 1. The van der Waals surface area contributed by atoms with E-state index in [1.165, 1.54) is 18.0 Å². The van der Waals surface area contributed by atoms with E-state index in [-0.39, 0.29) is 37.9 Å². The van der Waals surface area contributed by atoms with Crippen LogP contribution in [0.1, 0.15) is 42.9 Å². The predicted molar refractivity (Wildman–Crippen MR) is 149 cm³/mol. The largest absolute Gasteiger partial charge is 0.618 e. The summed E-state index contributed by atoms with van der Waals surface area (Å²) in [5, 5.41) is 27.4. The number of nitrogens with zero attached hydrogens (tertiary/aromatic N) is 1. The number of carbonyl (C=O) groups excluding carboxylic acids is 2. The van der Waals surface area contributed by atoms with Crippen molar-refractivity contribution in [3.05, 3.63) is 94.8 Å². The molecule has 40 heavy (non-hydrogen) atoms. The van der Waals surface area contributed by atoms with Gasteiger partial charge in [-0.3, -0.25) is 4.79 Å². The zero-order valence-corrected chi connectivity index (χ0v) is 23.1. The summed E-state index contributed by atoms with van der Waals surface area (Å²) in [5.41, 5.74) is 2.94. The Labute approximate surface area is 237 Å². The van der Waals surface area contributed by atoms with Crippen molar-refractivity contribution < 1.29 is 33.6 Å². The third-order valence-electron chi connectivity index (χ3n) is 6.42. The fraction of sp³-hybridized carbons (Fsp3) is 0.345. The number of pyridine rings is 1. The normalized spacial score (nSPS) is 20.5. The molecule has 2 heterocycles. The highest BCUT2D eigenvalue weighted by Gasteiger charge is 2.38. The van der Waals surface area contributed by atoms with Gasteiger partial charge in [-0.25, -0.2) is 4.79 Å². The second kappa shape index (κ2) is 14.1. The number of benzene rings is 2. The Kier molecular flexibility index (Phi) is 10.4. The van der Waals surface area contributed by atoms with Crippen LogP contribution < -0.4 is 15.4 Å². The van der Waals surface area contributed by atoms with Crippen LogP contribution in [0.25, 0.3) is 0 Å². The molecule has 1 saturated heterocycles. The Balaban J connectivity index is 1.52. The Morgan fingerprint density at radius 1 is 1.07 bits per heavy atom. The number of thioether (sulfide) groups is 1. The van der Waals surface area contributed by atoms with Gasteiger partial charge in [-0.15, -0.1) is 0 Å². The molecule has 1 aliphatic heterocycles. The highest BCUT2D eigenvalue weighted by Crippen LogP contribution is 2.43. The number of ether oxygens (including phenoxy) is 3. The van der Waals surface area contributed by atoms with Crippen LogP contribution >= 0.6 is 11.8 Å². The minimum atomic E-state index is -0.746. The minimum absolute atomic E-state index is 0.0498. The van der Waals surface area contributed by atoms with Crippen molar-refractivity contribution in [2.24, 2.45) is 5.92 Å². The maximum absolute atomic E-state index is 12.3. The summed E-state index contributed by atoms with van der Waals surface area (Å²) in [6.07, 6.45) is 0.128. The summed E-state index contributed by atoms with van der Waals surface area (Å²) in [6, 6.07) is 19.4. The summed E-state index contributed by atoms with van der Waals surface area (Å²) >= 11 is 1.41. The van der Waals surface area contributed by atoms with E-state index < -0.39 is 18.3 Å². The van der Waals surface area contributed by atoms with Crippen LogP contribution in [0.15, 0.2) is 78.0 Å².